The molecule has 186 valence electrons. The molecule has 1 amide bonds. The lowest BCUT2D eigenvalue weighted by Gasteiger charge is -2.30. The van der Waals surface area contributed by atoms with E-state index in [2.05, 4.69) is 16.7 Å². The normalized spacial score (nSPS) is 15.0. The van der Waals surface area contributed by atoms with Crippen LogP contribution in [-0.4, -0.2) is 24.6 Å². The van der Waals surface area contributed by atoms with Crippen molar-refractivity contribution in [1.29, 1.82) is 5.26 Å². The lowest BCUT2D eigenvalue weighted by atomic mass is 9.82. The van der Waals surface area contributed by atoms with Crippen molar-refractivity contribution in [2.75, 3.05) is 18.2 Å². The van der Waals surface area contributed by atoms with Gasteiger partial charge in [0.15, 0.2) is 5.78 Å². The van der Waals surface area contributed by atoms with Crippen LogP contribution in [0, 0.1) is 11.3 Å². The van der Waals surface area contributed by atoms with E-state index in [1.165, 1.54) is 11.8 Å². The first kappa shape index (κ1) is 26.1. The molecule has 8 heteroatoms. The van der Waals surface area contributed by atoms with Crippen LogP contribution in [0.15, 0.2) is 101 Å². The lowest BCUT2D eigenvalue weighted by molar-refractivity contribution is -0.113. The molecule has 0 unspecified atom stereocenters. The molecule has 0 saturated heterocycles. The molecule has 4 rings (SSSR count). The number of allylic oxidation sites excluding steroid dienone is 2. The van der Waals surface area contributed by atoms with E-state index in [4.69, 9.17) is 16.3 Å². The van der Waals surface area contributed by atoms with Crippen molar-refractivity contribution in [3.8, 4) is 11.8 Å². The van der Waals surface area contributed by atoms with Gasteiger partial charge < -0.3 is 15.4 Å². The van der Waals surface area contributed by atoms with Crippen molar-refractivity contribution in [1.82, 2.24) is 5.32 Å². The number of thioether (sulfide) groups is 1. The molecule has 0 fully saturated rings. The number of nitrogens with zero attached hydrogens (tertiary/aromatic N) is 1. The molecule has 1 aliphatic rings. The average Bonchev–Trinajstić information content (AvgIpc) is 2.92. The second kappa shape index (κ2) is 11.8. The van der Waals surface area contributed by atoms with E-state index in [0.717, 1.165) is 0 Å². The summed E-state index contributed by atoms with van der Waals surface area (Å²) in [6.07, 6.45) is 0. The van der Waals surface area contributed by atoms with Gasteiger partial charge in [-0.3, -0.25) is 9.59 Å². The van der Waals surface area contributed by atoms with Crippen LogP contribution in [-0.2, 0) is 4.79 Å². The van der Waals surface area contributed by atoms with Gasteiger partial charge in [-0.05, 0) is 55.0 Å². The molecule has 3 aromatic carbocycles. The molecule has 0 aliphatic carbocycles. The number of carbonyl (C=O) groups excluding carboxylic acids is 2. The third kappa shape index (κ3) is 5.88. The molecule has 0 bridgehead atoms. The maximum atomic E-state index is 13.5. The van der Waals surface area contributed by atoms with Gasteiger partial charge in [-0.25, -0.2) is 0 Å². The molecule has 1 heterocycles. The minimum Gasteiger partial charge on any atom is -0.497 e. The quantitative estimate of drug-likeness (QED) is 0.333. The highest BCUT2D eigenvalue weighted by Gasteiger charge is 2.36. The summed E-state index contributed by atoms with van der Waals surface area (Å²) in [6.45, 7) is 1.78. The summed E-state index contributed by atoms with van der Waals surface area (Å²) in [7, 11) is 1.57. The number of para-hydroxylation sites is 1. The summed E-state index contributed by atoms with van der Waals surface area (Å²) in [4.78, 5) is 26.3. The molecule has 3 aromatic rings. The number of carbonyl (C=O) groups is 2. The van der Waals surface area contributed by atoms with Crippen molar-refractivity contribution >= 4 is 40.7 Å². The minimum absolute atomic E-state index is 0.0946. The molecular weight excluding hydrogens is 506 g/mol. The zero-order chi connectivity index (χ0) is 26.4. The Bertz CT molecular complexity index is 1430. The van der Waals surface area contributed by atoms with Crippen LogP contribution in [0.4, 0.5) is 5.69 Å². The minimum atomic E-state index is -0.706. The Morgan fingerprint density at radius 2 is 1.73 bits per heavy atom. The van der Waals surface area contributed by atoms with E-state index in [9.17, 15) is 14.9 Å². The van der Waals surface area contributed by atoms with Gasteiger partial charge in [0, 0.05) is 27.5 Å². The van der Waals surface area contributed by atoms with E-state index in [1.54, 1.807) is 62.6 Å². The highest BCUT2D eigenvalue weighted by molar-refractivity contribution is 8.03. The second-order valence-electron chi connectivity index (χ2n) is 8.23. The van der Waals surface area contributed by atoms with Gasteiger partial charge in [-0.2, -0.15) is 5.26 Å². The fraction of sp³-hybridized carbons (Fsp3) is 0.138. The van der Waals surface area contributed by atoms with Crippen LogP contribution >= 0.6 is 23.4 Å². The van der Waals surface area contributed by atoms with Crippen molar-refractivity contribution in [3.63, 3.8) is 0 Å². The van der Waals surface area contributed by atoms with Gasteiger partial charge in [-0.1, -0.05) is 59.8 Å². The van der Waals surface area contributed by atoms with Gasteiger partial charge in [0.2, 0.25) is 0 Å². The summed E-state index contributed by atoms with van der Waals surface area (Å²) in [5.74, 6) is -0.372. The van der Waals surface area contributed by atoms with Crippen LogP contribution < -0.4 is 15.4 Å². The van der Waals surface area contributed by atoms with E-state index in [0.29, 0.717) is 49.5 Å². The van der Waals surface area contributed by atoms with Crippen LogP contribution in [0.2, 0.25) is 5.02 Å². The number of anilines is 1. The summed E-state index contributed by atoms with van der Waals surface area (Å²) < 4.78 is 5.16. The van der Waals surface area contributed by atoms with Gasteiger partial charge in [0.05, 0.1) is 35.5 Å². The second-order valence-corrected chi connectivity index (χ2v) is 9.63. The lowest BCUT2D eigenvalue weighted by Crippen LogP contribution is -2.31. The zero-order valence-electron chi connectivity index (χ0n) is 20.2. The van der Waals surface area contributed by atoms with E-state index in [-0.39, 0.29) is 17.4 Å². The van der Waals surface area contributed by atoms with Gasteiger partial charge in [0.1, 0.15) is 5.75 Å². The Morgan fingerprint density at radius 3 is 2.38 bits per heavy atom. The Hall–Kier alpha value is -3.99. The molecule has 1 atom stereocenters. The van der Waals surface area contributed by atoms with Gasteiger partial charge in [-0.15, -0.1) is 0 Å². The Balaban J connectivity index is 1.67. The highest BCUT2D eigenvalue weighted by Crippen LogP contribution is 2.43. The SMILES string of the molecule is COc1ccc(C(=O)CSC2=C(C#N)[C@H](c3ccccc3Cl)C(C(=O)Nc3ccccc3)=C(C)N2)cc1. The number of nitrogens with one attached hydrogen (secondary N) is 2. The first-order valence-electron chi connectivity index (χ1n) is 11.5. The number of hydrogen-bond donors (Lipinski definition) is 2. The van der Waals surface area contributed by atoms with Gasteiger partial charge >= 0.3 is 0 Å². The molecule has 37 heavy (non-hydrogen) atoms. The zero-order valence-corrected chi connectivity index (χ0v) is 21.8. The molecule has 0 saturated carbocycles. The van der Waals surface area contributed by atoms with E-state index >= 15 is 0 Å². The Labute approximate surface area is 225 Å². The number of nitriles is 1. The third-order valence-corrected chi connectivity index (χ3v) is 7.26. The summed E-state index contributed by atoms with van der Waals surface area (Å²) >= 11 is 7.78. The number of ketones is 1. The highest BCUT2D eigenvalue weighted by atomic mass is 35.5. The van der Waals surface area contributed by atoms with Crippen LogP contribution in [0.25, 0.3) is 0 Å². The fourth-order valence-electron chi connectivity index (χ4n) is 4.07. The first-order chi connectivity index (χ1) is 17.9. The summed E-state index contributed by atoms with van der Waals surface area (Å²) in [5, 5.41) is 17.3. The fourth-order valence-corrected chi connectivity index (χ4v) is 5.30. The Morgan fingerprint density at radius 1 is 1.05 bits per heavy atom. The monoisotopic (exact) mass is 529 g/mol. The number of Topliss-reactive ketones (excluding diaryl/α,β-unsaturated/α-hetero) is 1. The number of benzene rings is 3. The molecular formula is C29H24ClN3O3S. The number of dihydropyridines is 1. The van der Waals surface area contributed by atoms with Crippen molar-refractivity contribution in [2.45, 2.75) is 12.8 Å². The van der Waals surface area contributed by atoms with Crippen LogP contribution in [0.1, 0.15) is 28.8 Å². The van der Waals surface area contributed by atoms with Crippen LogP contribution in [0.5, 0.6) is 5.75 Å². The standard InChI is InChI=1S/C29H24ClN3O3S/c1-18-26(28(35)33-20-8-4-3-5-9-20)27(22-10-6-7-11-24(22)30)23(16-31)29(32-18)37-17-25(34)19-12-14-21(36-2)15-13-19/h3-15,27,32H,17H2,1-2H3,(H,33,35)/t27-/m0/s1. The summed E-state index contributed by atoms with van der Waals surface area (Å²) in [6, 6.07) is 25.4. The largest absolute Gasteiger partial charge is 0.497 e. The topological polar surface area (TPSA) is 91.2 Å². The summed E-state index contributed by atoms with van der Waals surface area (Å²) in [5.41, 5.74) is 3.11. The number of amides is 1. The maximum Gasteiger partial charge on any atom is 0.254 e. The average molecular weight is 530 g/mol. The maximum absolute atomic E-state index is 13.5. The molecule has 1 aliphatic heterocycles. The number of halogens is 1. The molecule has 0 spiro atoms. The number of methoxy groups -OCH3 is 1. The number of hydrogen-bond acceptors (Lipinski definition) is 6. The predicted octanol–water partition coefficient (Wildman–Crippen LogP) is 6.30. The molecule has 2 N–H and O–H groups in total. The van der Waals surface area contributed by atoms with Crippen molar-refractivity contribution in [2.24, 2.45) is 0 Å². The predicted molar refractivity (Wildman–Crippen MR) is 148 cm³/mol. The first-order valence-corrected chi connectivity index (χ1v) is 12.8. The van der Waals surface area contributed by atoms with Crippen molar-refractivity contribution < 1.29 is 14.3 Å². The number of ether oxygens (including phenoxy) is 1. The Kier molecular flexibility index (Phi) is 8.34. The smallest absolute Gasteiger partial charge is 0.254 e. The molecule has 6 nitrogen and oxygen atoms in total. The van der Waals surface area contributed by atoms with E-state index < -0.39 is 5.92 Å². The molecule has 0 radical (unpaired) electrons. The van der Waals surface area contributed by atoms with E-state index in [1.807, 2.05) is 30.3 Å². The van der Waals surface area contributed by atoms with Crippen LogP contribution in [0.3, 0.4) is 0 Å². The molecule has 0 aromatic heterocycles. The number of rotatable bonds is 8. The van der Waals surface area contributed by atoms with Gasteiger partial charge in [0.25, 0.3) is 5.91 Å². The third-order valence-electron chi connectivity index (χ3n) is 5.90. The van der Waals surface area contributed by atoms with Crippen molar-refractivity contribution in [3.05, 3.63) is 117 Å².